The molecule has 0 aliphatic heterocycles. The minimum atomic E-state index is -0.156. The summed E-state index contributed by atoms with van der Waals surface area (Å²) < 4.78 is 0. The molecule has 0 spiro atoms. The normalized spacial score (nSPS) is 9.00. The van der Waals surface area contributed by atoms with Crippen LogP contribution in [0.4, 0.5) is 0 Å². The standard InChI is InChI=1S/C11H12N2O.C5H12/c1-3-8-4-9(7-12)6-10(5-8)11(14)13-2;1-3-5-4-2/h4-6H,3H2,1-2H3,(H,13,14);3-5H2,1-2H3. The van der Waals surface area contributed by atoms with Gasteiger partial charge in [0.15, 0.2) is 0 Å². The number of nitrogens with zero attached hydrogens (tertiary/aromatic N) is 1. The van der Waals surface area contributed by atoms with Gasteiger partial charge in [0.05, 0.1) is 11.6 Å². The third-order valence-electron chi connectivity index (χ3n) is 2.73. The van der Waals surface area contributed by atoms with Crippen LogP contribution in [0.2, 0.25) is 0 Å². The average molecular weight is 260 g/mol. The quantitative estimate of drug-likeness (QED) is 0.897. The van der Waals surface area contributed by atoms with Crippen LogP contribution in [-0.4, -0.2) is 13.0 Å². The van der Waals surface area contributed by atoms with Gasteiger partial charge in [-0.3, -0.25) is 4.79 Å². The fourth-order valence-electron chi connectivity index (χ4n) is 1.59. The van der Waals surface area contributed by atoms with Crippen LogP contribution in [0.3, 0.4) is 0 Å². The Bertz CT molecular complexity index is 431. The fourth-order valence-corrected chi connectivity index (χ4v) is 1.59. The number of nitrogens with one attached hydrogen (secondary N) is 1. The average Bonchev–Trinajstić information content (AvgIpc) is 2.47. The van der Waals surface area contributed by atoms with Crippen LogP contribution in [0.15, 0.2) is 18.2 Å². The van der Waals surface area contributed by atoms with E-state index in [9.17, 15) is 4.79 Å². The van der Waals surface area contributed by atoms with Gasteiger partial charge in [-0.1, -0.05) is 40.0 Å². The molecule has 1 amide bonds. The Kier molecular flexibility index (Phi) is 9.16. The van der Waals surface area contributed by atoms with Gasteiger partial charge in [-0.25, -0.2) is 0 Å². The summed E-state index contributed by atoms with van der Waals surface area (Å²) in [6.45, 7) is 6.41. The summed E-state index contributed by atoms with van der Waals surface area (Å²) in [6.07, 6.45) is 4.90. The number of benzene rings is 1. The molecule has 3 nitrogen and oxygen atoms in total. The highest BCUT2D eigenvalue weighted by Gasteiger charge is 2.05. The zero-order valence-electron chi connectivity index (χ0n) is 12.4. The molecule has 0 radical (unpaired) electrons. The van der Waals surface area contributed by atoms with E-state index in [1.54, 1.807) is 25.2 Å². The second kappa shape index (κ2) is 10.1. The summed E-state index contributed by atoms with van der Waals surface area (Å²) in [5, 5.41) is 11.3. The van der Waals surface area contributed by atoms with Crippen molar-refractivity contribution in [3.63, 3.8) is 0 Å². The molecule has 1 aromatic rings. The molecule has 1 aromatic carbocycles. The molecular weight excluding hydrogens is 236 g/mol. The van der Waals surface area contributed by atoms with Crippen LogP contribution in [0.25, 0.3) is 0 Å². The van der Waals surface area contributed by atoms with E-state index in [0.29, 0.717) is 11.1 Å². The van der Waals surface area contributed by atoms with Gasteiger partial charge >= 0.3 is 0 Å². The van der Waals surface area contributed by atoms with Gasteiger partial charge in [-0.15, -0.1) is 0 Å². The van der Waals surface area contributed by atoms with Crippen molar-refractivity contribution in [2.75, 3.05) is 7.05 Å². The highest BCUT2D eigenvalue weighted by molar-refractivity contribution is 5.94. The molecular formula is C16H24N2O. The molecule has 0 aromatic heterocycles. The first kappa shape index (κ1) is 17.2. The van der Waals surface area contributed by atoms with Crippen molar-refractivity contribution in [2.24, 2.45) is 0 Å². The molecule has 0 saturated carbocycles. The Labute approximate surface area is 116 Å². The van der Waals surface area contributed by atoms with E-state index in [4.69, 9.17) is 5.26 Å². The van der Waals surface area contributed by atoms with Gasteiger partial charge in [-0.2, -0.15) is 5.26 Å². The number of carbonyl (C=O) groups excluding carboxylic acids is 1. The minimum Gasteiger partial charge on any atom is -0.355 e. The molecule has 104 valence electrons. The maximum Gasteiger partial charge on any atom is 0.251 e. The van der Waals surface area contributed by atoms with Crippen LogP contribution < -0.4 is 5.32 Å². The molecule has 0 aliphatic rings. The molecule has 19 heavy (non-hydrogen) atoms. The first-order valence-electron chi connectivity index (χ1n) is 6.88. The van der Waals surface area contributed by atoms with Gasteiger partial charge in [0.1, 0.15) is 0 Å². The smallest absolute Gasteiger partial charge is 0.251 e. The molecule has 1 rings (SSSR count). The number of unbranched alkanes of at least 4 members (excludes halogenated alkanes) is 2. The van der Waals surface area contributed by atoms with E-state index >= 15 is 0 Å². The van der Waals surface area contributed by atoms with Crippen LogP contribution in [0.1, 0.15) is 61.5 Å². The summed E-state index contributed by atoms with van der Waals surface area (Å²) in [7, 11) is 1.58. The minimum absolute atomic E-state index is 0.156. The molecule has 3 heteroatoms. The van der Waals surface area contributed by atoms with Crippen molar-refractivity contribution >= 4 is 5.91 Å². The van der Waals surface area contributed by atoms with Crippen molar-refractivity contribution < 1.29 is 4.79 Å². The van der Waals surface area contributed by atoms with E-state index in [2.05, 4.69) is 19.2 Å². The Morgan fingerprint density at radius 2 is 1.84 bits per heavy atom. The summed E-state index contributed by atoms with van der Waals surface area (Å²) in [5.41, 5.74) is 2.08. The second-order valence-electron chi connectivity index (χ2n) is 4.32. The summed E-state index contributed by atoms with van der Waals surface area (Å²) >= 11 is 0. The largest absolute Gasteiger partial charge is 0.355 e. The molecule has 0 fully saturated rings. The van der Waals surface area contributed by atoms with Gasteiger partial charge in [-0.05, 0) is 30.2 Å². The van der Waals surface area contributed by atoms with E-state index in [1.807, 2.05) is 13.0 Å². The van der Waals surface area contributed by atoms with Crippen molar-refractivity contribution in [3.05, 3.63) is 34.9 Å². The van der Waals surface area contributed by atoms with Crippen LogP contribution >= 0.6 is 0 Å². The predicted octanol–water partition coefficient (Wildman–Crippen LogP) is 3.68. The first-order chi connectivity index (χ1) is 9.12. The Hall–Kier alpha value is -1.82. The van der Waals surface area contributed by atoms with Crippen molar-refractivity contribution in [1.29, 1.82) is 5.26 Å². The third-order valence-corrected chi connectivity index (χ3v) is 2.73. The highest BCUT2D eigenvalue weighted by Crippen LogP contribution is 2.10. The lowest BCUT2D eigenvalue weighted by atomic mass is 10.0. The Balaban J connectivity index is 0.000000555. The highest BCUT2D eigenvalue weighted by atomic mass is 16.1. The summed E-state index contributed by atoms with van der Waals surface area (Å²) in [4.78, 5) is 11.3. The number of hydrogen-bond donors (Lipinski definition) is 1. The van der Waals surface area contributed by atoms with E-state index in [1.165, 1.54) is 19.3 Å². The van der Waals surface area contributed by atoms with E-state index in [0.717, 1.165) is 12.0 Å². The van der Waals surface area contributed by atoms with E-state index < -0.39 is 0 Å². The van der Waals surface area contributed by atoms with Gasteiger partial charge in [0, 0.05) is 12.6 Å². The fraction of sp³-hybridized carbons (Fsp3) is 0.500. The molecule has 0 heterocycles. The molecule has 0 unspecified atom stereocenters. The van der Waals surface area contributed by atoms with Crippen molar-refractivity contribution in [1.82, 2.24) is 5.32 Å². The maximum atomic E-state index is 11.3. The number of carbonyl (C=O) groups is 1. The van der Waals surface area contributed by atoms with Crippen molar-refractivity contribution in [2.45, 2.75) is 46.5 Å². The van der Waals surface area contributed by atoms with Crippen LogP contribution in [0.5, 0.6) is 0 Å². The zero-order chi connectivity index (χ0) is 14.7. The van der Waals surface area contributed by atoms with Crippen LogP contribution in [-0.2, 0) is 6.42 Å². The Morgan fingerprint density at radius 3 is 2.21 bits per heavy atom. The number of hydrogen-bond acceptors (Lipinski definition) is 2. The zero-order valence-corrected chi connectivity index (χ0v) is 12.4. The van der Waals surface area contributed by atoms with Crippen LogP contribution in [0, 0.1) is 11.3 Å². The van der Waals surface area contributed by atoms with Gasteiger partial charge < -0.3 is 5.32 Å². The van der Waals surface area contributed by atoms with Gasteiger partial charge in [0.2, 0.25) is 0 Å². The van der Waals surface area contributed by atoms with Gasteiger partial charge in [0.25, 0.3) is 5.91 Å². The monoisotopic (exact) mass is 260 g/mol. The molecule has 0 saturated heterocycles. The number of nitriles is 1. The third kappa shape index (κ3) is 6.61. The lowest BCUT2D eigenvalue weighted by molar-refractivity contribution is 0.0963. The van der Waals surface area contributed by atoms with Crippen molar-refractivity contribution in [3.8, 4) is 6.07 Å². The molecule has 1 N–H and O–H groups in total. The molecule has 0 atom stereocenters. The number of amides is 1. The number of aryl methyl sites for hydroxylation is 1. The SMILES string of the molecule is CCCCC.CCc1cc(C#N)cc(C(=O)NC)c1. The van der Waals surface area contributed by atoms with E-state index in [-0.39, 0.29) is 5.91 Å². The lowest BCUT2D eigenvalue weighted by Gasteiger charge is -2.03. The summed E-state index contributed by atoms with van der Waals surface area (Å²) in [5.74, 6) is -0.156. The maximum absolute atomic E-state index is 11.3. The lowest BCUT2D eigenvalue weighted by Crippen LogP contribution is -2.18. The summed E-state index contributed by atoms with van der Waals surface area (Å²) in [6, 6.07) is 7.24. The second-order valence-corrected chi connectivity index (χ2v) is 4.32. The molecule has 0 aliphatic carbocycles. The topological polar surface area (TPSA) is 52.9 Å². The predicted molar refractivity (Wildman–Crippen MR) is 79.1 cm³/mol. The first-order valence-corrected chi connectivity index (χ1v) is 6.88. The number of rotatable bonds is 4. The molecule has 0 bridgehead atoms. The Morgan fingerprint density at radius 1 is 1.21 bits per heavy atom.